The van der Waals surface area contributed by atoms with E-state index in [1.54, 1.807) is 6.08 Å². The molecule has 2 aliphatic rings. The highest BCUT2D eigenvalue weighted by Crippen LogP contribution is 2.19. The molecule has 0 aromatic heterocycles. The van der Waals surface area contributed by atoms with E-state index in [9.17, 15) is 9.59 Å². The van der Waals surface area contributed by atoms with Gasteiger partial charge in [0.1, 0.15) is 5.70 Å². The van der Waals surface area contributed by atoms with Crippen molar-refractivity contribution in [1.82, 2.24) is 10.6 Å². The van der Waals surface area contributed by atoms with Gasteiger partial charge in [0.2, 0.25) is 0 Å². The van der Waals surface area contributed by atoms with Crippen molar-refractivity contribution in [3.05, 3.63) is 23.4 Å². The van der Waals surface area contributed by atoms with Crippen LogP contribution in [-0.4, -0.2) is 11.9 Å². The molecule has 2 N–H and O–H groups in total. The maximum atomic E-state index is 11.2. The van der Waals surface area contributed by atoms with E-state index in [0.717, 1.165) is 24.8 Å². The Bertz CT molecular complexity index is 342. The van der Waals surface area contributed by atoms with Gasteiger partial charge in [-0.2, -0.15) is 0 Å². The average Bonchev–Trinajstić information content (AvgIpc) is 2.47. The minimum absolute atomic E-state index is 0.332. The Balaban J connectivity index is 2.13. The summed E-state index contributed by atoms with van der Waals surface area (Å²) in [5.74, 6) is -0.332. The summed E-state index contributed by atoms with van der Waals surface area (Å²) >= 11 is 0. The van der Waals surface area contributed by atoms with Crippen LogP contribution in [0, 0.1) is 0 Å². The molecule has 1 heterocycles. The Morgan fingerprint density at radius 1 is 1.21 bits per heavy atom. The van der Waals surface area contributed by atoms with Gasteiger partial charge in [-0.15, -0.1) is 0 Å². The monoisotopic (exact) mass is 192 g/mol. The second-order valence-electron chi connectivity index (χ2n) is 3.49. The first-order valence-electron chi connectivity index (χ1n) is 4.79. The number of carbonyl (C=O) groups excluding carboxylic acids is 2. The molecule has 74 valence electrons. The lowest BCUT2D eigenvalue weighted by molar-refractivity contribution is -0.115. The van der Waals surface area contributed by atoms with Gasteiger partial charge in [0.25, 0.3) is 5.91 Å². The predicted molar refractivity (Wildman–Crippen MR) is 51.3 cm³/mol. The van der Waals surface area contributed by atoms with Crippen molar-refractivity contribution in [3.63, 3.8) is 0 Å². The fraction of sp³-hybridized carbons (Fsp3) is 0.400. The predicted octanol–water partition coefficient (Wildman–Crippen LogP) is 1.21. The van der Waals surface area contributed by atoms with Crippen molar-refractivity contribution in [1.29, 1.82) is 0 Å². The van der Waals surface area contributed by atoms with Gasteiger partial charge in [-0.25, -0.2) is 4.79 Å². The summed E-state index contributed by atoms with van der Waals surface area (Å²) in [7, 11) is 0. The highest BCUT2D eigenvalue weighted by molar-refractivity contribution is 6.11. The lowest BCUT2D eigenvalue weighted by Crippen LogP contribution is -2.22. The van der Waals surface area contributed by atoms with E-state index in [4.69, 9.17) is 0 Å². The van der Waals surface area contributed by atoms with Gasteiger partial charge in [0, 0.05) is 0 Å². The summed E-state index contributed by atoms with van der Waals surface area (Å²) < 4.78 is 0. The molecule has 1 aliphatic heterocycles. The molecule has 0 unspecified atom stereocenters. The number of carbonyl (C=O) groups is 2. The van der Waals surface area contributed by atoms with Crippen LogP contribution in [0.15, 0.2) is 23.4 Å². The zero-order chi connectivity index (χ0) is 9.97. The number of hydrogen-bond donors (Lipinski definition) is 2. The fourth-order valence-electron chi connectivity index (χ4n) is 1.66. The van der Waals surface area contributed by atoms with Gasteiger partial charge in [-0.3, -0.25) is 10.1 Å². The Hall–Kier alpha value is -1.58. The van der Waals surface area contributed by atoms with Gasteiger partial charge >= 0.3 is 6.03 Å². The molecule has 14 heavy (non-hydrogen) atoms. The molecule has 1 saturated heterocycles. The molecule has 0 bridgehead atoms. The van der Waals surface area contributed by atoms with Gasteiger partial charge in [0.05, 0.1) is 0 Å². The van der Waals surface area contributed by atoms with Crippen molar-refractivity contribution >= 4 is 11.9 Å². The fourth-order valence-corrected chi connectivity index (χ4v) is 1.66. The van der Waals surface area contributed by atoms with Crippen LogP contribution in [-0.2, 0) is 4.79 Å². The third-order valence-corrected chi connectivity index (χ3v) is 2.38. The smallest absolute Gasteiger partial charge is 0.303 e. The molecule has 0 saturated carbocycles. The molecule has 1 fully saturated rings. The summed E-state index contributed by atoms with van der Waals surface area (Å²) in [5.41, 5.74) is 1.51. The first-order valence-corrected chi connectivity index (χ1v) is 4.79. The topological polar surface area (TPSA) is 58.2 Å². The molecular formula is C10H12N2O2. The Morgan fingerprint density at radius 2 is 2.07 bits per heavy atom. The molecular weight excluding hydrogens is 180 g/mol. The third-order valence-electron chi connectivity index (χ3n) is 2.38. The zero-order valence-electron chi connectivity index (χ0n) is 7.80. The maximum absolute atomic E-state index is 11.2. The van der Waals surface area contributed by atoms with Crippen molar-refractivity contribution in [2.24, 2.45) is 0 Å². The van der Waals surface area contributed by atoms with Crippen LogP contribution in [0.5, 0.6) is 0 Å². The lowest BCUT2D eigenvalue weighted by Gasteiger charge is -2.08. The first kappa shape index (κ1) is 8.99. The number of nitrogens with one attached hydrogen (secondary N) is 2. The molecule has 4 heteroatoms. The van der Waals surface area contributed by atoms with Crippen LogP contribution in [0.4, 0.5) is 4.79 Å². The normalized spacial score (nSPS) is 24.6. The van der Waals surface area contributed by atoms with Gasteiger partial charge in [-0.1, -0.05) is 6.08 Å². The van der Waals surface area contributed by atoms with Crippen molar-refractivity contribution < 1.29 is 9.59 Å². The average molecular weight is 192 g/mol. The molecule has 0 spiro atoms. The van der Waals surface area contributed by atoms with Gasteiger partial charge in [0.15, 0.2) is 0 Å². The number of imide groups is 1. The summed E-state index contributed by atoms with van der Waals surface area (Å²) in [5, 5.41) is 4.64. The van der Waals surface area contributed by atoms with Crippen LogP contribution in [0.1, 0.15) is 25.7 Å². The lowest BCUT2D eigenvalue weighted by atomic mass is 9.99. The number of amides is 3. The summed E-state index contributed by atoms with van der Waals surface area (Å²) in [4.78, 5) is 22.0. The van der Waals surface area contributed by atoms with Gasteiger partial charge < -0.3 is 5.32 Å². The van der Waals surface area contributed by atoms with Crippen molar-refractivity contribution in [2.45, 2.75) is 25.7 Å². The van der Waals surface area contributed by atoms with Crippen molar-refractivity contribution in [2.75, 3.05) is 0 Å². The summed E-state index contributed by atoms with van der Waals surface area (Å²) in [6.45, 7) is 0. The highest BCUT2D eigenvalue weighted by Gasteiger charge is 2.22. The van der Waals surface area contributed by atoms with Crippen LogP contribution in [0.25, 0.3) is 0 Å². The minimum Gasteiger partial charge on any atom is -0.303 e. The summed E-state index contributed by atoms with van der Waals surface area (Å²) in [6, 6.07) is -0.433. The van der Waals surface area contributed by atoms with E-state index in [0.29, 0.717) is 5.70 Å². The Kier molecular flexibility index (Phi) is 2.35. The number of allylic oxidation sites excluding steroid dienone is 3. The van der Waals surface area contributed by atoms with E-state index in [-0.39, 0.29) is 5.91 Å². The minimum atomic E-state index is -0.433. The third kappa shape index (κ3) is 1.84. The van der Waals surface area contributed by atoms with E-state index >= 15 is 0 Å². The number of urea groups is 1. The Morgan fingerprint density at radius 3 is 2.64 bits per heavy atom. The largest absolute Gasteiger partial charge is 0.326 e. The number of rotatable bonds is 1. The molecule has 1 aliphatic carbocycles. The molecule has 0 aromatic carbocycles. The Labute approximate surface area is 82.1 Å². The zero-order valence-corrected chi connectivity index (χ0v) is 7.80. The molecule has 3 amide bonds. The van der Waals surface area contributed by atoms with E-state index in [2.05, 4.69) is 16.7 Å². The van der Waals surface area contributed by atoms with Crippen molar-refractivity contribution in [3.8, 4) is 0 Å². The van der Waals surface area contributed by atoms with Crippen LogP contribution >= 0.6 is 0 Å². The SMILES string of the molecule is O=C1NC(=O)/C(=C/C2=CCCCC2)N1. The highest BCUT2D eigenvalue weighted by atomic mass is 16.2. The van der Waals surface area contributed by atoms with E-state index in [1.807, 2.05) is 0 Å². The van der Waals surface area contributed by atoms with Gasteiger partial charge in [-0.05, 0) is 37.3 Å². The quantitative estimate of drug-likeness (QED) is 0.484. The molecule has 0 aromatic rings. The first-order chi connectivity index (χ1) is 6.75. The van der Waals surface area contributed by atoms with E-state index < -0.39 is 6.03 Å². The second-order valence-corrected chi connectivity index (χ2v) is 3.49. The molecule has 0 radical (unpaired) electrons. The van der Waals surface area contributed by atoms with Crippen LogP contribution in [0.2, 0.25) is 0 Å². The maximum Gasteiger partial charge on any atom is 0.326 e. The molecule has 2 rings (SSSR count). The van der Waals surface area contributed by atoms with E-state index in [1.165, 1.54) is 6.42 Å². The molecule has 4 nitrogen and oxygen atoms in total. The standard InChI is InChI=1S/C10H12N2O2/c13-9-8(11-10(14)12-9)6-7-4-2-1-3-5-7/h4,6H,1-3,5H2,(H2,11,12,13,14)/b8-6-. The molecule has 0 atom stereocenters. The van der Waals surface area contributed by atoms with Crippen LogP contribution in [0.3, 0.4) is 0 Å². The number of hydrogen-bond acceptors (Lipinski definition) is 2. The summed E-state index contributed by atoms with van der Waals surface area (Å²) in [6.07, 6.45) is 8.31. The second kappa shape index (κ2) is 3.65. The van der Waals surface area contributed by atoms with Crippen LogP contribution < -0.4 is 10.6 Å².